The molecule has 8 unspecified atom stereocenters. The molecule has 55 heavy (non-hydrogen) atoms. The highest BCUT2D eigenvalue weighted by Gasteiger charge is 2.52. The van der Waals surface area contributed by atoms with Crippen molar-refractivity contribution in [2.45, 2.75) is 202 Å². The molecule has 5 saturated carbocycles. The van der Waals surface area contributed by atoms with Gasteiger partial charge in [0, 0.05) is 33.9 Å². The predicted octanol–water partition coefficient (Wildman–Crippen LogP) is 9.89. The molecule has 310 valence electrons. The van der Waals surface area contributed by atoms with Crippen molar-refractivity contribution in [2.75, 3.05) is 0 Å². The quantitative estimate of drug-likeness (QED) is 0.159. The van der Waals surface area contributed by atoms with Gasteiger partial charge in [0.2, 0.25) is 17.7 Å². The average Bonchev–Trinajstić information content (AvgIpc) is 3.73. The molecule has 3 amide bonds. The van der Waals surface area contributed by atoms with Crippen molar-refractivity contribution in [1.29, 1.82) is 0 Å². The van der Waals surface area contributed by atoms with Crippen LogP contribution in [0.25, 0.3) is 0 Å². The van der Waals surface area contributed by atoms with Gasteiger partial charge in [-0.15, -0.1) is 0 Å². The second kappa shape index (κ2) is 16.8. The molecule has 4 N–H and O–H groups in total. The Morgan fingerprint density at radius 3 is 2.18 bits per heavy atom. The number of amides is 3. The summed E-state index contributed by atoms with van der Waals surface area (Å²) in [7, 11) is 0. The van der Waals surface area contributed by atoms with Gasteiger partial charge in [-0.2, -0.15) is 0 Å². The molecule has 0 aromatic rings. The molecule has 0 heterocycles. The number of rotatable bonds is 12. The van der Waals surface area contributed by atoms with E-state index >= 15 is 0 Å². The zero-order chi connectivity index (χ0) is 40.6. The molecule has 0 aromatic carbocycles. The van der Waals surface area contributed by atoms with E-state index in [0.717, 1.165) is 62.9 Å². The minimum Gasteiger partial charge on any atom is -0.393 e. The summed E-state index contributed by atoms with van der Waals surface area (Å²) in [5.41, 5.74) is 1.33. The van der Waals surface area contributed by atoms with Crippen molar-refractivity contribution in [3.63, 3.8) is 0 Å². The van der Waals surface area contributed by atoms with E-state index in [1.165, 1.54) is 49.7 Å². The Hall–Kier alpha value is -2.41. The lowest BCUT2D eigenvalue weighted by Crippen LogP contribution is -2.57. The third kappa shape index (κ3) is 10.8. The van der Waals surface area contributed by atoms with Crippen LogP contribution in [0, 0.1) is 45.8 Å². The maximum atomic E-state index is 14.1. The first-order valence-corrected chi connectivity index (χ1v) is 22.2. The van der Waals surface area contributed by atoms with Gasteiger partial charge in [-0.05, 0) is 139 Å². The maximum absolute atomic E-state index is 14.1. The normalized spacial score (nSPS) is 32.7. The number of aliphatic hydroxyl groups excluding tert-OH is 1. The first kappa shape index (κ1) is 43.7. The molecular formula is C48H79N3O4. The SMILES string of the molecule is C=C1CCC(O)CC1=CC=C1CCCC2(C)C1CCC2C(C)C(=O)NC(C)(C)CC(C)(C)NC(=O)C(C)(C)CC(C)(C)C(=O)NC1CCCCCCC2CC21. The number of allylic oxidation sites excluding steroid dienone is 4. The van der Waals surface area contributed by atoms with E-state index in [2.05, 4.69) is 62.4 Å². The van der Waals surface area contributed by atoms with Crippen LogP contribution in [0.2, 0.25) is 0 Å². The van der Waals surface area contributed by atoms with Crippen molar-refractivity contribution >= 4 is 17.7 Å². The van der Waals surface area contributed by atoms with Crippen LogP contribution in [-0.2, 0) is 14.4 Å². The van der Waals surface area contributed by atoms with E-state index in [-0.39, 0.29) is 41.2 Å². The number of carbonyl (C=O) groups is 3. The van der Waals surface area contributed by atoms with Crippen molar-refractivity contribution in [3.8, 4) is 0 Å². The summed E-state index contributed by atoms with van der Waals surface area (Å²) in [5.74, 6) is 2.13. The lowest BCUT2D eigenvalue weighted by molar-refractivity contribution is -0.137. The smallest absolute Gasteiger partial charge is 0.226 e. The summed E-state index contributed by atoms with van der Waals surface area (Å²) < 4.78 is 0. The number of carbonyl (C=O) groups excluding carboxylic acids is 3. The predicted molar refractivity (Wildman–Crippen MR) is 225 cm³/mol. The third-order valence-electron chi connectivity index (χ3n) is 14.8. The van der Waals surface area contributed by atoms with Crippen LogP contribution in [0.1, 0.15) is 178 Å². The molecule has 7 heteroatoms. The molecule has 0 aliphatic heterocycles. The lowest BCUT2D eigenvalue weighted by Gasteiger charge is -2.45. The molecule has 5 fully saturated rings. The van der Waals surface area contributed by atoms with Crippen molar-refractivity contribution < 1.29 is 19.5 Å². The van der Waals surface area contributed by atoms with Crippen LogP contribution in [0.5, 0.6) is 0 Å². The summed E-state index contributed by atoms with van der Waals surface area (Å²) in [6.45, 7) is 24.9. The summed E-state index contributed by atoms with van der Waals surface area (Å²) in [4.78, 5) is 41.7. The van der Waals surface area contributed by atoms with Gasteiger partial charge in [-0.25, -0.2) is 0 Å². The molecule has 0 saturated heterocycles. The fraction of sp³-hybridized carbons (Fsp3) is 0.812. The van der Waals surface area contributed by atoms with Crippen LogP contribution < -0.4 is 16.0 Å². The molecule has 0 bridgehead atoms. The maximum Gasteiger partial charge on any atom is 0.226 e. The standard InChI is InChI=1S/C48H79N3O4/c1-31-20-23-36(52)27-34(31)22-21-33-18-16-26-48(11)38(24-25-39(33)48)32(2)41(53)50-46(7,8)30-47(9,10)51-43(55)45(5,6)29-44(3,4)42(54)49-40-19-15-13-12-14-17-35-28-37(35)40/h21-22,32,35-40,52H,1,12-20,23-30H2,2-11H3,(H,49,54)(H,50,53)(H,51,55). The lowest BCUT2D eigenvalue weighted by atomic mass is 9.61. The van der Waals surface area contributed by atoms with Crippen molar-refractivity contribution in [1.82, 2.24) is 16.0 Å². The van der Waals surface area contributed by atoms with Crippen LogP contribution >= 0.6 is 0 Å². The highest BCUT2D eigenvalue weighted by molar-refractivity contribution is 5.86. The zero-order valence-electron chi connectivity index (χ0n) is 36.6. The van der Waals surface area contributed by atoms with Gasteiger partial charge >= 0.3 is 0 Å². The number of nitrogens with one attached hydrogen (secondary N) is 3. The summed E-state index contributed by atoms with van der Waals surface area (Å²) in [6, 6.07) is 0.257. The van der Waals surface area contributed by atoms with Gasteiger partial charge in [0.15, 0.2) is 0 Å². The minimum absolute atomic E-state index is 0.0622. The van der Waals surface area contributed by atoms with Gasteiger partial charge in [-0.3, -0.25) is 14.4 Å². The molecule has 8 atom stereocenters. The van der Waals surface area contributed by atoms with Gasteiger partial charge < -0.3 is 21.1 Å². The van der Waals surface area contributed by atoms with Crippen LogP contribution in [0.4, 0.5) is 0 Å². The molecular weight excluding hydrogens is 683 g/mol. The summed E-state index contributed by atoms with van der Waals surface area (Å²) in [6.07, 6.45) is 21.8. The topological polar surface area (TPSA) is 108 Å². The monoisotopic (exact) mass is 762 g/mol. The Labute approximate surface area is 335 Å². The second-order valence-corrected chi connectivity index (χ2v) is 21.9. The third-order valence-corrected chi connectivity index (χ3v) is 14.8. The second-order valence-electron chi connectivity index (χ2n) is 21.9. The van der Waals surface area contributed by atoms with Crippen LogP contribution in [0.15, 0.2) is 35.5 Å². The van der Waals surface area contributed by atoms with E-state index in [0.29, 0.717) is 37.0 Å². The van der Waals surface area contributed by atoms with Crippen molar-refractivity contribution in [2.24, 2.45) is 45.8 Å². The Morgan fingerprint density at radius 2 is 1.47 bits per heavy atom. The van der Waals surface area contributed by atoms with E-state index in [1.54, 1.807) is 0 Å². The fourth-order valence-corrected chi connectivity index (χ4v) is 12.0. The average molecular weight is 762 g/mol. The number of hydrogen-bond acceptors (Lipinski definition) is 4. The Bertz CT molecular complexity index is 1500. The largest absolute Gasteiger partial charge is 0.393 e. The Kier molecular flexibility index (Phi) is 13.4. The summed E-state index contributed by atoms with van der Waals surface area (Å²) in [5, 5.41) is 20.4. The molecule has 5 rings (SSSR count). The minimum atomic E-state index is -0.760. The summed E-state index contributed by atoms with van der Waals surface area (Å²) >= 11 is 0. The highest BCUT2D eigenvalue weighted by atomic mass is 16.3. The number of fused-ring (bicyclic) bond motifs is 2. The van der Waals surface area contributed by atoms with E-state index in [9.17, 15) is 19.5 Å². The van der Waals surface area contributed by atoms with Gasteiger partial charge in [0.05, 0.1) is 6.10 Å². The molecule has 5 aliphatic rings. The molecule has 0 radical (unpaired) electrons. The van der Waals surface area contributed by atoms with Gasteiger partial charge in [0.1, 0.15) is 0 Å². The first-order chi connectivity index (χ1) is 25.5. The first-order valence-electron chi connectivity index (χ1n) is 22.2. The number of aliphatic hydroxyl groups is 1. The highest BCUT2D eigenvalue weighted by Crippen LogP contribution is 2.59. The van der Waals surface area contributed by atoms with Gasteiger partial charge in [-0.1, -0.05) is 104 Å². The molecule has 7 nitrogen and oxygen atoms in total. The van der Waals surface area contributed by atoms with Crippen LogP contribution in [-0.4, -0.2) is 46.1 Å². The zero-order valence-corrected chi connectivity index (χ0v) is 36.6. The number of hydrogen-bond donors (Lipinski definition) is 4. The molecule has 0 spiro atoms. The van der Waals surface area contributed by atoms with E-state index in [4.69, 9.17) is 0 Å². The fourth-order valence-electron chi connectivity index (χ4n) is 12.0. The molecule has 5 aliphatic carbocycles. The Balaban J connectivity index is 1.15. The van der Waals surface area contributed by atoms with Crippen LogP contribution in [0.3, 0.4) is 0 Å². The molecule has 0 aromatic heterocycles. The Morgan fingerprint density at radius 1 is 0.818 bits per heavy atom. The van der Waals surface area contributed by atoms with Gasteiger partial charge in [0.25, 0.3) is 0 Å². The van der Waals surface area contributed by atoms with Crippen molar-refractivity contribution in [3.05, 3.63) is 35.5 Å². The van der Waals surface area contributed by atoms with E-state index < -0.39 is 21.9 Å². The van der Waals surface area contributed by atoms with E-state index in [1.807, 2.05) is 41.5 Å².